The summed E-state index contributed by atoms with van der Waals surface area (Å²) >= 11 is 6.04. The van der Waals surface area contributed by atoms with Gasteiger partial charge in [0.15, 0.2) is 0 Å². The Morgan fingerprint density at radius 3 is 2.64 bits per heavy atom. The number of hydrogen-bond donors (Lipinski definition) is 2. The monoisotopic (exact) mass is 325 g/mol. The van der Waals surface area contributed by atoms with E-state index in [4.69, 9.17) is 22.1 Å². The van der Waals surface area contributed by atoms with Crippen LogP contribution in [0.3, 0.4) is 0 Å². The molecule has 2 rings (SSSR count). The molecule has 1 aromatic carbocycles. The SMILES string of the molecule is COc1ccc(NCC(=O)N2CCC(C(N)=O)CC2)cc1Cl. The van der Waals surface area contributed by atoms with Crippen molar-refractivity contribution >= 4 is 29.1 Å². The minimum Gasteiger partial charge on any atom is -0.495 e. The first kappa shape index (κ1) is 16.4. The first-order valence-electron chi connectivity index (χ1n) is 7.15. The Morgan fingerprint density at radius 2 is 2.09 bits per heavy atom. The van der Waals surface area contributed by atoms with Gasteiger partial charge in [0.1, 0.15) is 5.75 Å². The van der Waals surface area contributed by atoms with Gasteiger partial charge in [0.05, 0.1) is 18.7 Å². The molecule has 1 saturated heterocycles. The maximum absolute atomic E-state index is 12.1. The van der Waals surface area contributed by atoms with E-state index in [-0.39, 0.29) is 24.3 Å². The molecule has 1 fully saturated rings. The minimum atomic E-state index is -0.280. The number of piperidine rings is 1. The van der Waals surface area contributed by atoms with E-state index in [1.165, 1.54) is 0 Å². The Kier molecular flexibility index (Phi) is 5.49. The second-order valence-corrected chi connectivity index (χ2v) is 5.67. The molecule has 1 heterocycles. The molecule has 0 radical (unpaired) electrons. The molecule has 3 N–H and O–H groups in total. The molecule has 120 valence electrons. The van der Waals surface area contributed by atoms with Gasteiger partial charge in [0, 0.05) is 24.7 Å². The molecule has 6 nitrogen and oxygen atoms in total. The molecular formula is C15H20ClN3O3. The molecule has 0 saturated carbocycles. The lowest BCUT2D eigenvalue weighted by Gasteiger charge is -2.30. The maximum Gasteiger partial charge on any atom is 0.241 e. The number of ether oxygens (including phenoxy) is 1. The summed E-state index contributed by atoms with van der Waals surface area (Å²) in [7, 11) is 1.55. The first-order chi connectivity index (χ1) is 10.5. The summed E-state index contributed by atoms with van der Waals surface area (Å²) in [6, 6.07) is 5.26. The van der Waals surface area contributed by atoms with Crippen LogP contribution in [0.15, 0.2) is 18.2 Å². The topological polar surface area (TPSA) is 84.7 Å². The molecular weight excluding hydrogens is 306 g/mol. The van der Waals surface area contributed by atoms with E-state index in [1.54, 1.807) is 30.2 Å². The molecule has 0 unspecified atom stereocenters. The van der Waals surface area contributed by atoms with E-state index in [1.807, 2.05) is 0 Å². The summed E-state index contributed by atoms with van der Waals surface area (Å²) < 4.78 is 5.08. The van der Waals surface area contributed by atoms with Crippen LogP contribution in [0, 0.1) is 5.92 Å². The van der Waals surface area contributed by atoms with E-state index in [0.29, 0.717) is 36.7 Å². The second kappa shape index (κ2) is 7.35. The summed E-state index contributed by atoms with van der Waals surface area (Å²) in [5, 5.41) is 3.53. The first-order valence-corrected chi connectivity index (χ1v) is 7.53. The highest BCUT2D eigenvalue weighted by atomic mass is 35.5. The number of nitrogens with zero attached hydrogens (tertiary/aromatic N) is 1. The van der Waals surface area contributed by atoms with E-state index in [9.17, 15) is 9.59 Å². The number of hydrogen-bond acceptors (Lipinski definition) is 4. The number of benzene rings is 1. The zero-order valence-electron chi connectivity index (χ0n) is 12.5. The van der Waals surface area contributed by atoms with E-state index in [0.717, 1.165) is 5.69 Å². The van der Waals surface area contributed by atoms with Crippen LogP contribution in [0.1, 0.15) is 12.8 Å². The van der Waals surface area contributed by atoms with E-state index >= 15 is 0 Å². The number of carbonyl (C=O) groups is 2. The van der Waals surface area contributed by atoms with Crippen LogP contribution in [-0.4, -0.2) is 43.5 Å². The summed E-state index contributed by atoms with van der Waals surface area (Å²) in [6.07, 6.45) is 1.27. The molecule has 1 aliphatic rings. The van der Waals surface area contributed by atoms with Gasteiger partial charge in [-0.25, -0.2) is 0 Å². The van der Waals surface area contributed by atoms with Crippen LogP contribution in [-0.2, 0) is 9.59 Å². The number of rotatable bonds is 5. The average Bonchev–Trinajstić information content (AvgIpc) is 2.52. The third-order valence-electron chi connectivity index (χ3n) is 3.85. The molecule has 0 bridgehead atoms. The second-order valence-electron chi connectivity index (χ2n) is 5.26. The van der Waals surface area contributed by atoms with Gasteiger partial charge in [0.2, 0.25) is 11.8 Å². The number of nitrogens with two attached hydrogens (primary N) is 1. The van der Waals surface area contributed by atoms with Crippen LogP contribution >= 0.6 is 11.6 Å². The highest BCUT2D eigenvalue weighted by molar-refractivity contribution is 6.32. The van der Waals surface area contributed by atoms with Gasteiger partial charge in [-0.1, -0.05) is 11.6 Å². The van der Waals surface area contributed by atoms with Crippen molar-refractivity contribution in [2.75, 3.05) is 32.1 Å². The summed E-state index contributed by atoms with van der Waals surface area (Å²) in [4.78, 5) is 25.0. The fourth-order valence-corrected chi connectivity index (χ4v) is 2.74. The van der Waals surface area contributed by atoms with Gasteiger partial charge in [-0.15, -0.1) is 0 Å². The quantitative estimate of drug-likeness (QED) is 0.859. The normalized spacial score (nSPS) is 15.5. The predicted molar refractivity (Wildman–Crippen MR) is 85.0 cm³/mol. The van der Waals surface area contributed by atoms with Crippen molar-refractivity contribution in [3.8, 4) is 5.75 Å². The molecule has 1 aromatic rings. The van der Waals surface area contributed by atoms with E-state index in [2.05, 4.69) is 5.32 Å². The molecule has 1 aliphatic heterocycles. The zero-order chi connectivity index (χ0) is 16.1. The van der Waals surface area contributed by atoms with Gasteiger partial charge < -0.3 is 20.7 Å². The Labute approximate surface area is 134 Å². The lowest BCUT2D eigenvalue weighted by atomic mass is 9.96. The molecule has 2 amide bonds. The van der Waals surface area contributed by atoms with Crippen molar-refractivity contribution < 1.29 is 14.3 Å². The van der Waals surface area contributed by atoms with Crippen molar-refractivity contribution in [2.24, 2.45) is 11.7 Å². The van der Waals surface area contributed by atoms with Crippen LogP contribution in [0.2, 0.25) is 5.02 Å². The number of anilines is 1. The number of halogens is 1. The minimum absolute atomic E-state index is 0.00476. The molecule has 0 spiro atoms. The van der Waals surface area contributed by atoms with Gasteiger partial charge in [0.25, 0.3) is 0 Å². The lowest BCUT2D eigenvalue weighted by molar-refractivity contribution is -0.133. The fourth-order valence-electron chi connectivity index (χ4n) is 2.48. The Hall–Kier alpha value is -1.95. The van der Waals surface area contributed by atoms with Crippen LogP contribution in [0.4, 0.5) is 5.69 Å². The van der Waals surface area contributed by atoms with Crippen molar-refractivity contribution in [3.63, 3.8) is 0 Å². The highest BCUT2D eigenvalue weighted by Crippen LogP contribution is 2.27. The van der Waals surface area contributed by atoms with Crippen LogP contribution in [0.5, 0.6) is 5.75 Å². The third kappa shape index (κ3) is 4.04. The summed E-state index contributed by atoms with van der Waals surface area (Å²) in [5.74, 6) is 0.192. The number of likely N-dealkylation sites (tertiary alicyclic amines) is 1. The van der Waals surface area contributed by atoms with Gasteiger partial charge in [-0.3, -0.25) is 9.59 Å². The number of carbonyl (C=O) groups excluding carboxylic acids is 2. The summed E-state index contributed by atoms with van der Waals surface area (Å²) in [5.41, 5.74) is 6.04. The fraction of sp³-hybridized carbons (Fsp3) is 0.467. The maximum atomic E-state index is 12.1. The highest BCUT2D eigenvalue weighted by Gasteiger charge is 2.25. The average molecular weight is 326 g/mol. The Bertz CT molecular complexity index is 557. The molecule has 0 aromatic heterocycles. The van der Waals surface area contributed by atoms with E-state index < -0.39 is 0 Å². The molecule has 22 heavy (non-hydrogen) atoms. The van der Waals surface area contributed by atoms with Crippen LogP contribution in [0.25, 0.3) is 0 Å². The largest absolute Gasteiger partial charge is 0.495 e. The zero-order valence-corrected chi connectivity index (χ0v) is 13.2. The lowest BCUT2D eigenvalue weighted by Crippen LogP contribution is -2.43. The van der Waals surface area contributed by atoms with Gasteiger partial charge >= 0.3 is 0 Å². The summed E-state index contributed by atoms with van der Waals surface area (Å²) in [6.45, 7) is 1.32. The van der Waals surface area contributed by atoms with Crippen molar-refractivity contribution in [3.05, 3.63) is 23.2 Å². The predicted octanol–water partition coefficient (Wildman–Crippen LogP) is 1.48. The number of methoxy groups -OCH3 is 1. The van der Waals surface area contributed by atoms with Gasteiger partial charge in [-0.05, 0) is 31.0 Å². The van der Waals surface area contributed by atoms with Crippen LogP contribution < -0.4 is 15.8 Å². The third-order valence-corrected chi connectivity index (χ3v) is 4.14. The Morgan fingerprint density at radius 1 is 1.41 bits per heavy atom. The van der Waals surface area contributed by atoms with Crippen molar-refractivity contribution in [2.45, 2.75) is 12.8 Å². The Balaban J connectivity index is 1.83. The number of primary amides is 1. The number of amides is 2. The van der Waals surface area contributed by atoms with Crippen molar-refractivity contribution in [1.82, 2.24) is 4.90 Å². The molecule has 0 atom stereocenters. The molecule has 7 heteroatoms. The smallest absolute Gasteiger partial charge is 0.241 e. The van der Waals surface area contributed by atoms with Gasteiger partial charge in [-0.2, -0.15) is 0 Å². The number of nitrogens with one attached hydrogen (secondary N) is 1. The standard InChI is InChI=1S/C15H20ClN3O3/c1-22-13-3-2-11(8-12(13)16)18-9-14(20)19-6-4-10(5-7-19)15(17)21/h2-3,8,10,18H,4-7,9H2,1H3,(H2,17,21). The molecule has 0 aliphatic carbocycles. The van der Waals surface area contributed by atoms with Crippen molar-refractivity contribution in [1.29, 1.82) is 0 Å².